The summed E-state index contributed by atoms with van der Waals surface area (Å²) < 4.78 is 0. The van der Waals surface area contributed by atoms with Crippen molar-refractivity contribution in [3.63, 3.8) is 0 Å². The minimum Gasteiger partial charge on any atom is -0.302 e. The van der Waals surface area contributed by atoms with Gasteiger partial charge in [0, 0.05) is 17.0 Å². The predicted octanol–water partition coefficient (Wildman–Crippen LogP) is 1.95. The zero-order valence-electron chi connectivity index (χ0n) is 13.8. The van der Waals surface area contributed by atoms with Gasteiger partial charge in [0.15, 0.2) is 5.13 Å². The van der Waals surface area contributed by atoms with Crippen molar-refractivity contribution in [3.8, 4) is 0 Å². The molecular formula is C18H12N4O4S. The van der Waals surface area contributed by atoms with E-state index in [1.807, 2.05) is 0 Å². The molecule has 0 atom stereocenters. The van der Waals surface area contributed by atoms with Gasteiger partial charge in [-0.25, -0.2) is 4.98 Å². The van der Waals surface area contributed by atoms with E-state index >= 15 is 0 Å². The number of amides is 4. The maximum absolute atomic E-state index is 12.7. The van der Waals surface area contributed by atoms with Gasteiger partial charge in [0.25, 0.3) is 11.8 Å². The number of rotatable bonds is 4. The number of aromatic nitrogens is 1. The summed E-state index contributed by atoms with van der Waals surface area (Å²) in [6.45, 7) is 0. The first kappa shape index (κ1) is 16.9. The van der Waals surface area contributed by atoms with Crippen molar-refractivity contribution in [2.24, 2.45) is 0 Å². The Labute approximate surface area is 156 Å². The van der Waals surface area contributed by atoms with Crippen LogP contribution in [0.4, 0.5) is 5.13 Å². The lowest BCUT2D eigenvalue weighted by atomic mass is 9.95. The van der Waals surface area contributed by atoms with Crippen molar-refractivity contribution in [1.29, 1.82) is 0 Å². The van der Waals surface area contributed by atoms with E-state index in [4.69, 9.17) is 0 Å². The normalized spacial score (nSPS) is 13.0. The average Bonchev–Trinajstić information content (AvgIpc) is 3.15. The van der Waals surface area contributed by atoms with Gasteiger partial charge in [0.2, 0.25) is 11.8 Å². The Morgan fingerprint density at radius 3 is 2.26 bits per heavy atom. The quantitative estimate of drug-likeness (QED) is 0.531. The second-order valence-corrected chi connectivity index (χ2v) is 6.65. The standard InChI is InChI=1S/C18H12N4O4S/c23-13(20-18-19-7-8-27-18)9-14(24)21-22-16(25)11-5-1-3-10-4-2-6-12(15(10)11)17(22)26/h1-8H,9H2,(H,21,24)(H,19,20,23). The lowest BCUT2D eigenvalue weighted by molar-refractivity contribution is -0.129. The molecule has 1 aromatic heterocycles. The molecule has 8 nitrogen and oxygen atoms in total. The monoisotopic (exact) mass is 380 g/mol. The van der Waals surface area contributed by atoms with E-state index in [0.29, 0.717) is 26.7 Å². The fourth-order valence-electron chi connectivity index (χ4n) is 2.89. The Kier molecular flexibility index (Phi) is 4.13. The second kappa shape index (κ2) is 6.61. The number of anilines is 1. The molecule has 3 aromatic rings. The fraction of sp³-hybridized carbons (Fsp3) is 0.0556. The summed E-state index contributed by atoms with van der Waals surface area (Å²) >= 11 is 1.21. The zero-order chi connectivity index (χ0) is 19.0. The number of hydrogen-bond acceptors (Lipinski definition) is 6. The van der Waals surface area contributed by atoms with E-state index in [1.165, 1.54) is 17.5 Å². The lowest BCUT2D eigenvalue weighted by Crippen LogP contribution is -2.52. The highest BCUT2D eigenvalue weighted by Gasteiger charge is 2.34. The summed E-state index contributed by atoms with van der Waals surface area (Å²) in [5.74, 6) is -2.66. The smallest absolute Gasteiger partial charge is 0.280 e. The fourth-order valence-corrected chi connectivity index (χ4v) is 3.44. The number of hydrazine groups is 1. The molecule has 134 valence electrons. The van der Waals surface area contributed by atoms with Crippen molar-refractivity contribution in [3.05, 3.63) is 59.1 Å². The number of nitrogens with zero attached hydrogens (tertiary/aromatic N) is 2. The molecule has 0 unspecified atom stereocenters. The van der Waals surface area contributed by atoms with Gasteiger partial charge in [-0.15, -0.1) is 11.3 Å². The highest BCUT2D eigenvalue weighted by Crippen LogP contribution is 2.29. The van der Waals surface area contributed by atoms with E-state index < -0.39 is 30.0 Å². The second-order valence-electron chi connectivity index (χ2n) is 5.75. The number of carbonyl (C=O) groups excluding carboxylic acids is 4. The Hall–Kier alpha value is -3.59. The van der Waals surface area contributed by atoms with E-state index in [1.54, 1.807) is 41.8 Å². The number of nitrogens with one attached hydrogen (secondary N) is 2. The van der Waals surface area contributed by atoms with Crippen LogP contribution in [0.15, 0.2) is 48.0 Å². The van der Waals surface area contributed by atoms with Gasteiger partial charge in [-0.05, 0) is 17.5 Å². The van der Waals surface area contributed by atoms with Gasteiger partial charge >= 0.3 is 0 Å². The van der Waals surface area contributed by atoms with Crippen molar-refractivity contribution in [2.45, 2.75) is 6.42 Å². The largest absolute Gasteiger partial charge is 0.302 e. The Bertz CT molecular complexity index is 1040. The number of carbonyl (C=O) groups is 4. The van der Waals surface area contributed by atoms with Crippen LogP contribution in [-0.4, -0.2) is 33.6 Å². The number of benzene rings is 2. The van der Waals surface area contributed by atoms with Gasteiger partial charge in [-0.3, -0.25) is 24.6 Å². The third-order valence-electron chi connectivity index (χ3n) is 4.01. The van der Waals surface area contributed by atoms with Crippen LogP contribution in [0.2, 0.25) is 0 Å². The van der Waals surface area contributed by atoms with Crippen LogP contribution in [-0.2, 0) is 9.59 Å². The van der Waals surface area contributed by atoms with Crippen LogP contribution in [0, 0.1) is 0 Å². The van der Waals surface area contributed by atoms with E-state index in [9.17, 15) is 19.2 Å². The maximum atomic E-state index is 12.7. The van der Waals surface area contributed by atoms with E-state index in [2.05, 4.69) is 15.7 Å². The lowest BCUT2D eigenvalue weighted by Gasteiger charge is -2.27. The van der Waals surface area contributed by atoms with Crippen molar-refractivity contribution < 1.29 is 19.2 Å². The molecule has 0 aliphatic carbocycles. The van der Waals surface area contributed by atoms with Crippen LogP contribution in [0.25, 0.3) is 10.8 Å². The molecule has 2 aromatic carbocycles. The van der Waals surface area contributed by atoms with Gasteiger partial charge in [-0.1, -0.05) is 24.3 Å². The summed E-state index contributed by atoms with van der Waals surface area (Å²) in [7, 11) is 0. The Morgan fingerprint density at radius 2 is 1.67 bits per heavy atom. The molecule has 0 bridgehead atoms. The topological polar surface area (TPSA) is 108 Å². The third kappa shape index (κ3) is 3.04. The van der Waals surface area contributed by atoms with Crippen LogP contribution >= 0.6 is 11.3 Å². The molecule has 1 aliphatic heterocycles. The molecule has 0 saturated carbocycles. The minimum atomic E-state index is -0.780. The molecule has 0 spiro atoms. The summed E-state index contributed by atoms with van der Waals surface area (Å²) in [5, 5.41) is 6.47. The average molecular weight is 380 g/mol. The minimum absolute atomic E-state index is 0.315. The van der Waals surface area contributed by atoms with Crippen molar-refractivity contribution in [1.82, 2.24) is 15.4 Å². The first-order valence-electron chi connectivity index (χ1n) is 7.94. The van der Waals surface area contributed by atoms with Gasteiger partial charge in [-0.2, -0.15) is 5.01 Å². The molecule has 0 radical (unpaired) electrons. The zero-order valence-corrected chi connectivity index (χ0v) is 14.6. The summed E-state index contributed by atoms with van der Waals surface area (Å²) in [6, 6.07) is 10.2. The highest BCUT2D eigenvalue weighted by molar-refractivity contribution is 7.13. The first-order chi connectivity index (χ1) is 13.0. The van der Waals surface area contributed by atoms with E-state index in [-0.39, 0.29) is 0 Å². The molecule has 4 amide bonds. The van der Waals surface area contributed by atoms with Crippen LogP contribution < -0.4 is 10.7 Å². The summed E-state index contributed by atoms with van der Waals surface area (Å²) in [5.41, 5.74) is 2.86. The van der Waals surface area contributed by atoms with Crippen molar-refractivity contribution in [2.75, 3.05) is 5.32 Å². The molecule has 0 fully saturated rings. The SMILES string of the molecule is O=C(CC(=O)NN1C(=O)c2cccc3cccc(c23)C1=O)Nc1nccs1. The molecule has 2 N–H and O–H groups in total. The van der Waals surface area contributed by atoms with Crippen LogP contribution in [0.3, 0.4) is 0 Å². The Morgan fingerprint density at radius 1 is 1.00 bits per heavy atom. The van der Waals surface area contributed by atoms with Crippen molar-refractivity contribution >= 4 is 50.9 Å². The molecule has 1 aliphatic rings. The molecular weight excluding hydrogens is 368 g/mol. The van der Waals surface area contributed by atoms with E-state index in [0.717, 1.165) is 5.39 Å². The van der Waals surface area contributed by atoms with Gasteiger partial charge in [0.05, 0.1) is 11.1 Å². The Balaban J connectivity index is 1.53. The first-order valence-corrected chi connectivity index (χ1v) is 8.82. The summed E-state index contributed by atoms with van der Waals surface area (Å²) in [4.78, 5) is 53.3. The maximum Gasteiger partial charge on any atom is 0.280 e. The highest BCUT2D eigenvalue weighted by atomic mass is 32.1. The van der Waals surface area contributed by atoms with Gasteiger partial charge in [0.1, 0.15) is 6.42 Å². The third-order valence-corrected chi connectivity index (χ3v) is 4.70. The van der Waals surface area contributed by atoms with Gasteiger partial charge < -0.3 is 5.32 Å². The molecule has 9 heteroatoms. The van der Waals surface area contributed by atoms with Crippen LogP contribution in [0.5, 0.6) is 0 Å². The summed E-state index contributed by atoms with van der Waals surface area (Å²) in [6.07, 6.45) is 0.964. The molecule has 27 heavy (non-hydrogen) atoms. The van der Waals surface area contributed by atoms with Crippen LogP contribution in [0.1, 0.15) is 27.1 Å². The molecule has 2 heterocycles. The molecule has 4 rings (SSSR count). The molecule has 0 saturated heterocycles. The number of hydrogen-bond donors (Lipinski definition) is 2. The number of imide groups is 1. The number of thiazole rings is 1. The predicted molar refractivity (Wildman–Crippen MR) is 98.0 cm³/mol.